The van der Waals surface area contributed by atoms with E-state index >= 15 is 0 Å². The zero-order valence-corrected chi connectivity index (χ0v) is 12.4. The average molecular weight is 279 g/mol. The Morgan fingerprint density at radius 2 is 2.00 bits per heavy atom. The van der Waals surface area contributed by atoms with E-state index in [9.17, 15) is 10.2 Å². The zero-order valence-electron chi connectivity index (χ0n) is 12.4. The number of hydrogen-bond acceptors (Lipinski definition) is 4. The first-order valence-electron chi connectivity index (χ1n) is 7.37. The van der Waals surface area contributed by atoms with Gasteiger partial charge in [-0.2, -0.15) is 0 Å². The lowest BCUT2D eigenvalue weighted by Crippen LogP contribution is -2.42. The molecule has 1 atom stereocenters. The molecule has 4 heteroatoms. The van der Waals surface area contributed by atoms with E-state index in [1.165, 1.54) is 6.42 Å². The van der Waals surface area contributed by atoms with Crippen LogP contribution < -0.4 is 10.1 Å². The third-order valence-electron chi connectivity index (χ3n) is 4.23. The van der Waals surface area contributed by atoms with Gasteiger partial charge in [0.1, 0.15) is 0 Å². The first-order valence-corrected chi connectivity index (χ1v) is 7.37. The molecule has 0 spiro atoms. The van der Waals surface area contributed by atoms with Crippen molar-refractivity contribution in [1.29, 1.82) is 0 Å². The number of hydrogen-bond donors (Lipinski definition) is 3. The van der Waals surface area contributed by atoms with Crippen molar-refractivity contribution < 1.29 is 14.9 Å². The predicted octanol–water partition coefficient (Wildman–Crippen LogP) is 2.75. The summed E-state index contributed by atoms with van der Waals surface area (Å²) in [6.45, 7) is 2.66. The number of phenols is 1. The van der Waals surface area contributed by atoms with Crippen molar-refractivity contribution in [1.82, 2.24) is 5.32 Å². The highest BCUT2D eigenvalue weighted by molar-refractivity contribution is 5.42. The molecule has 112 valence electrons. The van der Waals surface area contributed by atoms with E-state index in [-0.39, 0.29) is 11.8 Å². The van der Waals surface area contributed by atoms with Crippen LogP contribution >= 0.6 is 0 Å². The Balaban J connectivity index is 1.95. The number of phenolic OH excluding ortho intramolecular Hbond substituents is 1. The van der Waals surface area contributed by atoms with Crippen LogP contribution in [0.25, 0.3) is 0 Å². The second kappa shape index (κ2) is 6.46. The third-order valence-corrected chi connectivity index (χ3v) is 4.23. The Morgan fingerprint density at radius 3 is 2.65 bits per heavy atom. The molecular formula is C16H25NO3. The average Bonchev–Trinajstić information content (AvgIpc) is 2.46. The highest BCUT2D eigenvalue weighted by Crippen LogP contribution is 2.30. The molecule has 3 N–H and O–H groups in total. The van der Waals surface area contributed by atoms with Gasteiger partial charge in [0, 0.05) is 12.6 Å². The zero-order chi connectivity index (χ0) is 14.6. The minimum absolute atomic E-state index is 0.107. The molecule has 1 saturated carbocycles. The second-order valence-electron chi connectivity index (χ2n) is 5.82. The van der Waals surface area contributed by atoms with Gasteiger partial charge in [0.2, 0.25) is 0 Å². The van der Waals surface area contributed by atoms with E-state index in [0.29, 0.717) is 12.3 Å². The van der Waals surface area contributed by atoms with E-state index in [0.717, 1.165) is 31.2 Å². The van der Waals surface area contributed by atoms with Gasteiger partial charge in [-0.15, -0.1) is 0 Å². The number of rotatable bonds is 5. The fraction of sp³-hybridized carbons (Fsp3) is 0.625. The van der Waals surface area contributed by atoms with Crippen LogP contribution in [0.5, 0.6) is 11.5 Å². The number of aromatic hydroxyl groups is 1. The maximum Gasteiger partial charge on any atom is 0.160 e. The molecule has 0 radical (unpaired) electrons. The lowest BCUT2D eigenvalue weighted by molar-refractivity contribution is 0.00300. The fourth-order valence-corrected chi connectivity index (χ4v) is 2.81. The van der Waals surface area contributed by atoms with Crippen LogP contribution in [-0.4, -0.2) is 29.5 Å². The van der Waals surface area contributed by atoms with Gasteiger partial charge < -0.3 is 20.3 Å². The van der Waals surface area contributed by atoms with Crippen molar-refractivity contribution in [2.45, 2.75) is 50.7 Å². The van der Waals surface area contributed by atoms with E-state index in [4.69, 9.17) is 4.74 Å². The second-order valence-corrected chi connectivity index (χ2v) is 5.82. The number of benzene rings is 1. The topological polar surface area (TPSA) is 61.7 Å². The largest absolute Gasteiger partial charge is 0.504 e. The maximum atomic E-state index is 10.5. The van der Waals surface area contributed by atoms with Gasteiger partial charge in [0.15, 0.2) is 11.5 Å². The van der Waals surface area contributed by atoms with Crippen molar-refractivity contribution >= 4 is 0 Å². The van der Waals surface area contributed by atoms with Gasteiger partial charge in [-0.3, -0.25) is 0 Å². The molecule has 0 bridgehead atoms. The Kier molecular flexibility index (Phi) is 4.89. The molecule has 1 aliphatic carbocycles. The molecule has 1 aromatic rings. The highest BCUT2D eigenvalue weighted by atomic mass is 16.5. The maximum absolute atomic E-state index is 10.5. The summed E-state index contributed by atoms with van der Waals surface area (Å²) in [4.78, 5) is 0. The first-order chi connectivity index (χ1) is 9.54. The van der Waals surface area contributed by atoms with Gasteiger partial charge in [-0.25, -0.2) is 0 Å². The van der Waals surface area contributed by atoms with Crippen molar-refractivity contribution in [2.75, 3.05) is 13.7 Å². The van der Waals surface area contributed by atoms with E-state index in [2.05, 4.69) is 12.2 Å². The van der Waals surface area contributed by atoms with Gasteiger partial charge in [0.05, 0.1) is 12.7 Å². The minimum Gasteiger partial charge on any atom is -0.504 e. The van der Waals surface area contributed by atoms with E-state index in [1.54, 1.807) is 13.2 Å². The smallest absolute Gasteiger partial charge is 0.160 e. The quantitative estimate of drug-likeness (QED) is 0.775. The van der Waals surface area contributed by atoms with Crippen molar-refractivity contribution in [3.63, 3.8) is 0 Å². The summed E-state index contributed by atoms with van der Waals surface area (Å²) in [6.07, 6.45) is 5.21. The Labute approximate surface area is 120 Å². The van der Waals surface area contributed by atoms with Crippen molar-refractivity contribution in [3.8, 4) is 11.5 Å². The SMILES string of the molecule is COc1cc(C(C)NCC2(O)CCCCC2)ccc1O. The van der Waals surface area contributed by atoms with Gasteiger partial charge in [0.25, 0.3) is 0 Å². The summed E-state index contributed by atoms with van der Waals surface area (Å²) in [7, 11) is 1.54. The predicted molar refractivity (Wildman–Crippen MR) is 79.1 cm³/mol. The molecule has 0 amide bonds. The summed E-state index contributed by atoms with van der Waals surface area (Å²) in [5.74, 6) is 0.627. The molecule has 1 aliphatic rings. The van der Waals surface area contributed by atoms with Crippen LogP contribution in [0, 0.1) is 0 Å². The van der Waals surface area contributed by atoms with E-state index in [1.807, 2.05) is 12.1 Å². The molecule has 1 fully saturated rings. The summed E-state index contributed by atoms with van der Waals surface area (Å²) < 4.78 is 5.12. The monoisotopic (exact) mass is 279 g/mol. The molecule has 0 aromatic heterocycles. The molecule has 1 unspecified atom stereocenters. The van der Waals surface area contributed by atoms with Crippen LogP contribution in [0.4, 0.5) is 0 Å². The van der Waals surface area contributed by atoms with Crippen LogP contribution in [0.3, 0.4) is 0 Å². The summed E-state index contributed by atoms with van der Waals surface area (Å²) >= 11 is 0. The number of nitrogens with one attached hydrogen (secondary N) is 1. The van der Waals surface area contributed by atoms with Gasteiger partial charge >= 0.3 is 0 Å². The lowest BCUT2D eigenvalue weighted by Gasteiger charge is -2.33. The number of aliphatic hydroxyl groups is 1. The van der Waals surface area contributed by atoms with E-state index < -0.39 is 5.60 Å². The molecule has 2 rings (SSSR count). The molecule has 0 aliphatic heterocycles. The molecule has 4 nitrogen and oxygen atoms in total. The number of methoxy groups -OCH3 is 1. The summed E-state index contributed by atoms with van der Waals surface area (Å²) in [5.41, 5.74) is 0.479. The first kappa shape index (κ1) is 15.1. The van der Waals surface area contributed by atoms with Crippen molar-refractivity contribution in [2.24, 2.45) is 0 Å². The van der Waals surface area contributed by atoms with Crippen molar-refractivity contribution in [3.05, 3.63) is 23.8 Å². The van der Waals surface area contributed by atoms with Gasteiger partial charge in [-0.1, -0.05) is 25.3 Å². The highest BCUT2D eigenvalue weighted by Gasteiger charge is 2.29. The van der Waals surface area contributed by atoms with Crippen LogP contribution in [-0.2, 0) is 0 Å². The van der Waals surface area contributed by atoms with Gasteiger partial charge in [-0.05, 0) is 37.5 Å². The normalized spacial score (nSPS) is 19.6. The van der Waals surface area contributed by atoms with Crippen LogP contribution in [0.1, 0.15) is 50.6 Å². The number of ether oxygens (including phenoxy) is 1. The molecule has 1 aromatic carbocycles. The molecule has 20 heavy (non-hydrogen) atoms. The summed E-state index contributed by atoms with van der Waals surface area (Å²) in [6, 6.07) is 5.45. The van der Waals surface area contributed by atoms with Crippen LogP contribution in [0.15, 0.2) is 18.2 Å². The molecular weight excluding hydrogens is 254 g/mol. The Morgan fingerprint density at radius 1 is 1.30 bits per heavy atom. The summed E-state index contributed by atoms with van der Waals surface area (Å²) in [5, 5.41) is 23.5. The molecule has 0 heterocycles. The lowest BCUT2D eigenvalue weighted by atomic mass is 9.84. The minimum atomic E-state index is -0.562. The third kappa shape index (κ3) is 3.64. The Bertz CT molecular complexity index is 441. The van der Waals surface area contributed by atoms with Crippen LogP contribution in [0.2, 0.25) is 0 Å². The Hall–Kier alpha value is -1.26. The standard InChI is InChI=1S/C16H25NO3/c1-12(13-6-7-14(18)15(10-13)20-2)17-11-16(19)8-4-3-5-9-16/h6-7,10,12,17-19H,3-5,8-9,11H2,1-2H3. The molecule has 0 saturated heterocycles. The fourth-order valence-electron chi connectivity index (χ4n) is 2.81.